The Bertz CT molecular complexity index is 519. The van der Waals surface area contributed by atoms with Gasteiger partial charge in [-0.1, -0.05) is 11.8 Å². The summed E-state index contributed by atoms with van der Waals surface area (Å²) >= 11 is 1.29. The lowest BCUT2D eigenvalue weighted by atomic mass is 10.1. The van der Waals surface area contributed by atoms with Crippen LogP contribution in [0.1, 0.15) is 11.1 Å². The minimum absolute atomic E-state index is 0.321. The van der Waals surface area contributed by atoms with Crippen molar-refractivity contribution in [1.82, 2.24) is 4.98 Å². The third-order valence-corrected chi connectivity index (χ3v) is 2.84. The molecular formula is C11H7FN2OS. The number of oxazole rings is 1. The highest BCUT2D eigenvalue weighted by Crippen LogP contribution is 2.22. The second-order valence-corrected chi connectivity index (χ2v) is 3.93. The molecule has 1 heterocycles. The zero-order valence-electron chi connectivity index (χ0n) is 8.18. The van der Waals surface area contributed by atoms with Gasteiger partial charge in [0.15, 0.2) is 0 Å². The van der Waals surface area contributed by atoms with Gasteiger partial charge in [-0.2, -0.15) is 5.26 Å². The van der Waals surface area contributed by atoms with Crippen molar-refractivity contribution in [3.05, 3.63) is 47.6 Å². The van der Waals surface area contributed by atoms with E-state index in [1.165, 1.54) is 42.4 Å². The Morgan fingerprint density at radius 3 is 3.06 bits per heavy atom. The smallest absolute Gasteiger partial charge is 0.255 e. The maximum Gasteiger partial charge on any atom is 0.255 e. The summed E-state index contributed by atoms with van der Waals surface area (Å²) in [6, 6.07) is 6.25. The topological polar surface area (TPSA) is 49.8 Å². The van der Waals surface area contributed by atoms with Gasteiger partial charge in [-0.25, -0.2) is 9.37 Å². The lowest BCUT2D eigenvalue weighted by molar-refractivity contribution is 0.454. The first kappa shape index (κ1) is 10.7. The Morgan fingerprint density at radius 1 is 1.50 bits per heavy atom. The maximum atomic E-state index is 13.4. The average Bonchev–Trinajstić information content (AvgIpc) is 2.81. The quantitative estimate of drug-likeness (QED) is 0.766. The molecule has 1 aromatic heterocycles. The predicted molar refractivity (Wildman–Crippen MR) is 57.2 cm³/mol. The van der Waals surface area contributed by atoms with Crippen molar-refractivity contribution < 1.29 is 8.81 Å². The Hall–Kier alpha value is -1.80. The maximum absolute atomic E-state index is 13.4. The summed E-state index contributed by atoms with van der Waals surface area (Å²) < 4.78 is 18.4. The Kier molecular flexibility index (Phi) is 3.22. The zero-order chi connectivity index (χ0) is 11.4. The monoisotopic (exact) mass is 234 g/mol. The first-order valence-corrected chi connectivity index (χ1v) is 5.49. The van der Waals surface area contributed by atoms with E-state index in [-0.39, 0.29) is 5.82 Å². The molecule has 0 saturated carbocycles. The largest absolute Gasteiger partial charge is 0.440 e. The van der Waals surface area contributed by atoms with Crippen molar-refractivity contribution >= 4 is 11.8 Å². The van der Waals surface area contributed by atoms with E-state index in [1.807, 2.05) is 6.07 Å². The number of nitrogens with zero attached hydrogens (tertiary/aromatic N) is 2. The summed E-state index contributed by atoms with van der Waals surface area (Å²) in [6.45, 7) is 0. The molecule has 80 valence electrons. The highest BCUT2D eigenvalue weighted by Gasteiger charge is 2.06. The molecular weight excluding hydrogens is 227 g/mol. The normalized spacial score (nSPS) is 10.0. The molecule has 0 atom stereocenters. The number of hydrogen-bond acceptors (Lipinski definition) is 4. The van der Waals surface area contributed by atoms with Crippen molar-refractivity contribution in [2.45, 2.75) is 11.0 Å². The fraction of sp³-hybridized carbons (Fsp3) is 0.0909. The van der Waals surface area contributed by atoms with Crippen LogP contribution in [0.4, 0.5) is 4.39 Å². The van der Waals surface area contributed by atoms with Crippen molar-refractivity contribution in [1.29, 1.82) is 5.26 Å². The van der Waals surface area contributed by atoms with Gasteiger partial charge in [0, 0.05) is 5.75 Å². The first-order chi connectivity index (χ1) is 7.79. The minimum Gasteiger partial charge on any atom is -0.440 e. The van der Waals surface area contributed by atoms with Gasteiger partial charge in [0.2, 0.25) is 0 Å². The van der Waals surface area contributed by atoms with Gasteiger partial charge >= 0.3 is 0 Å². The van der Waals surface area contributed by atoms with Gasteiger partial charge in [-0.05, 0) is 23.8 Å². The van der Waals surface area contributed by atoms with E-state index in [4.69, 9.17) is 9.68 Å². The fourth-order valence-electron chi connectivity index (χ4n) is 1.18. The highest BCUT2D eigenvalue weighted by atomic mass is 32.2. The Balaban J connectivity index is 2.12. The molecule has 0 bridgehead atoms. The number of nitriles is 1. The third-order valence-electron chi connectivity index (χ3n) is 1.94. The molecule has 0 N–H and O–H groups in total. The molecule has 2 aromatic rings. The molecule has 1 aromatic carbocycles. The summed E-state index contributed by atoms with van der Waals surface area (Å²) in [7, 11) is 0. The number of thioether (sulfide) groups is 1. The molecule has 0 saturated heterocycles. The Morgan fingerprint density at radius 2 is 2.38 bits per heavy atom. The van der Waals surface area contributed by atoms with Crippen molar-refractivity contribution in [3.8, 4) is 6.07 Å². The summed E-state index contributed by atoms with van der Waals surface area (Å²) in [4.78, 5) is 3.91. The summed E-state index contributed by atoms with van der Waals surface area (Å²) in [6.07, 6.45) is 2.99. The summed E-state index contributed by atoms with van der Waals surface area (Å²) in [5.74, 6) is 0.0695. The molecule has 0 radical (unpaired) electrons. The molecule has 0 aliphatic carbocycles. The van der Waals surface area contributed by atoms with Gasteiger partial charge < -0.3 is 4.42 Å². The van der Waals surface area contributed by atoms with Crippen LogP contribution in [0.25, 0.3) is 0 Å². The lowest BCUT2D eigenvalue weighted by Gasteiger charge is -2.01. The van der Waals surface area contributed by atoms with Crippen LogP contribution in [0.2, 0.25) is 0 Å². The molecule has 0 amide bonds. The number of hydrogen-bond donors (Lipinski definition) is 0. The van der Waals surface area contributed by atoms with Crippen LogP contribution >= 0.6 is 11.8 Å². The fourth-order valence-corrected chi connectivity index (χ4v) is 1.94. The molecule has 2 rings (SSSR count). The van der Waals surface area contributed by atoms with E-state index < -0.39 is 0 Å². The van der Waals surface area contributed by atoms with Gasteiger partial charge in [0.1, 0.15) is 12.1 Å². The molecule has 0 fully saturated rings. The van der Waals surface area contributed by atoms with Crippen molar-refractivity contribution in [2.24, 2.45) is 0 Å². The molecule has 0 unspecified atom stereocenters. The van der Waals surface area contributed by atoms with E-state index in [0.717, 1.165) is 0 Å². The molecule has 16 heavy (non-hydrogen) atoms. The van der Waals surface area contributed by atoms with Gasteiger partial charge in [0.25, 0.3) is 5.22 Å². The Labute approximate surface area is 95.9 Å². The number of aromatic nitrogens is 1. The van der Waals surface area contributed by atoms with Crippen LogP contribution in [-0.4, -0.2) is 4.98 Å². The van der Waals surface area contributed by atoms with Crippen LogP contribution in [0, 0.1) is 17.1 Å². The van der Waals surface area contributed by atoms with Crippen LogP contribution in [0.15, 0.2) is 40.3 Å². The molecule has 0 aliphatic rings. The first-order valence-electron chi connectivity index (χ1n) is 4.50. The van der Waals surface area contributed by atoms with Gasteiger partial charge in [-0.15, -0.1) is 0 Å². The van der Waals surface area contributed by atoms with E-state index in [0.29, 0.717) is 22.1 Å². The van der Waals surface area contributed by atoms with E-state index in [9.17, 15) is 4.39 Å². The number of halogens is 1. The molecule has 0 aliphatic heterocycles. The van der Waals surface area contributed by atoms with Crippen LogP contribution < -0.4 is 0 Å². The molecule has 3 nitrogen and oxygen atoms in total. The second-order valence-electron chi connectivity index (χ2n) is 3.00. The average molecular weight is 234 g/mol. The van der Waals surface area contributed by atoms with Crippen molar-refractivity contribution in [3.63, 3.8) is 0 Å². The van der Waals surface area contributed by atoms with Crippen LogP contribution in [0.5, 0.6) is 0 Å². The number of benzene rings is 1. The van der Waals surface area contributed by atoms with Crippen molar-refractivity contribution in [2.75, 3.05) is 0 Å². The van der Waals surface area contributed by atoms with E-state index in [2.05, 4.69) is 4.98 Å². The zero-order valence-corrected chi connectivity index (χ0v) is 9.00. The van der Waals surface area contributed by atoms with E-state index >= 15 is 0 Å². The standard InChI is InChI=1S/C11H7FN2OS/c12-10-2-1-8(6-13)5-9(10)7-16-11-14-3-4-15-11/h1-5H,7H2. The molecule has 0 spiro atoms. The van der Waals surface area contributed by atoms with Crippen LogP contribution in [-0.2, 0) is 5.75 Å². The van der Waals surface area contributed by atoms with Gasteiger partial charge in [0.05, 0.1) is 17.8 Å². The third kappa shape index (κ3) is 2.41. The lowest BCUT2D eigenvalue weighted by Crippen LogP contribution is -1.89. The van der Waals surface area contributed by atoms with Gasteiger partial charge in [-0.3, -0.25) is 0 Å². The van der Waals surface area contributed by atoms with E-state index in [1.54, 1.807) is 0 Å². The van der Waals surface area contributed by atoms with Crippen LogP contribution in [0.3, 0.4) is 0 Å². The summed E-state index contributed by atoms with van der Waals surface area (Å²) in [5, 5.41) is 9.18. The second kappa shape index (κ2) is 4.81. The SMILES string of the molecule is N#Cc1ccc(F)c(CSc2ncco2)c1. The highest BCUT2D eigenvalue weighted by molar-refractivity contribution is 7.98. The predicted octanol–water partition coefficient (Wildman–Crippen LogP) is 2.98. The summed E-state index contributed by atoms with van der Waals surface area (Å²) in [5.41, 5.74) is 0.923. The number of rotatable bonds is 3. The minimum atomic E-state index is -0.321. The molecule has 5 heteroatoms.